The van der Waals surface area contributed by atoms with E-state index in [0.717, 1.165) is 38.0 Å². The fourth-order valence-electron chi connectivity index (χ4n) is 8.58. The third-order valence-electron chi connectivity index (χ3n) is 12.4. The summed E-state index contributed by atoms with van der Waals surface area (Å²) in [7, 11) is -7.51. The maximum Gasteiger partial charge on any atom is 0.416 e. The zero-order chi connectivity index (χ0) is 57.8. The Balaban J connectivity index is 0.000000180. The fourth-order valence-corrected chi connectivity index (χ4v) is 18.2. The van der Waals surface area contributed by atoms with E-state index in [4.69, 9.17) is 0 Å². The minimum atomic E-state index is -5.05. The van der Waals surface area contributed by atoms with Gasteiger partial charge in [0.25, 0.3) is 0 Å². The zero-order valence-electron chi connectivity index (χ0n) is 41.3. The molecule has 0 fully saturated rings. The highest BCUT2D eigenvalue weighted by Crippen LogP contribution is 2.57. The molecular formula is C60H41BBr6F6O5P2. The molecule has 9 rings (SSSR count). The average molecular weight is 1510 g/mol. The van der Waals surface area contributed by atoms with Crippen molar-refractivity contribution in [3.8, 4) is 5.75 Å². The summed E-state index contributed by atoms with van der Waals surface area (Å²) < 4.78 is 83.7. The van der Waals surface area contributed by atoms with Crippen LogP contribution in [-0.4, -0.2) is 31.2 Å². The second kappa shape index (κ2) is 28.1. The molecule has 0 unspecified atom stereocenters. The third-order valence-corrected chi connectivity index (χ3v) is 24.1. The van der Waals surface area contributed by atoms with Gasteiger partial charge in [-0.1, -0.05) is 156 Å². The number of rotatable bonds is 14. The number of alkyl halides is 6. The van der Waals surface area contributed by atoms with E-state index in [2.05, 4.69) is 246 Å². The highest BCUT2D eigenvalue weighted by Gasteiger charge is 2.49. The first-order valence-corrected chi connectivity index (χ1v) is 32.5. The third kappa shape index (κ3) is 16.4. The van der Waals surface area contributed by atoms with Crippen LogP contribution < -0.4 is 46.5 Å². The van der Waals surface area contributed by atoms with E-state index in [1.165, 1.54) is 31.8 Å². The van der Waals surface area contributed by atoms with E-state index in [9.17, 15) is 46.0 Å². The van der Waals surface area contributed by atoms with Crippen molar-refractivity contribution in [2.45, 2.75) is 12.4 Å². The van der Waals surface area contributed by atoms with Crippen molar-refractivity contribution in [2.75, 3.05) is 12.3 Å². The standard InChI is InChI=1S/2C26H19Br3OP.C8H3BF6O3/c2*27-20-6-12-23(13-7-20)31(24-14-8-21(28)9-15-24,25-16-10-22(29)11-17-25)18-26(30)19-4-2-1-3-5-19;10-7(11,12)4-1-5(8(13,14)15)3-6(2-4)18-9(16)17/h2*1-17H,18H2;1-3H/q2*+1;-2. The summed E-state index contributed by atoms with van der Waals surface area (Å²) in [5, 5.41) is 27.3. The van der Waals surface area contributed by atoms with Crippen molar-refractivity contribution in [1.29, 1.82) is 0 Å². The normalized spacial score (nSPS) is 11.6. The van der Waals surface area contributed by atoms with Crippen LogP contribution in [0.2, 0.25) is 0 Å². The maximum absolute atomic E-state index is 13.6. The molecule has 0 bridgehead atoms. The Kier molecular flexibility index (Phi) is 22.2. The van der Waals surface area contributed by atoms with Crippen LogP contribution in [0.3, 0.4) is 0 Å². The molecule has 9 aromatic rings. The average Bonchev–Trinajstić information content (AvgIpc) is 3.43. The summed E-state index contributed by atoms with van der Waals surface area (Å²) in [6.45, 7) is 0. The van der Waals surface area contributed by atoms with Crippen molar-refractivity contribution in [3.05, 3.63) is 274 Å². The lowest BCUT2D eigenvalue weighted by molar-refractivity contribution is -0.372. The lowest BCUT2D eigenvalue weighted by Gasteiger charge is -2.27. The van der Waals surface area contributed by atoms with Crippen molar-refractivity contribution >= 4 is 161 Å². The smallest absolute Gasteiger partial charge is 0.416 e. The van der Waals surface area contributed by atoms with E-state index >= 15 is 0 Å². The summed E-state index contributed by atoms with van der Waals surface area (Å²) in [6, 6.07) is 70.0. The minimum absolute atomic E-state index is 0.141. The predicted octanol–water partition coefficient (Wildman–Crippen LogP) is 15.1. The Morgan fingerprint density at radius 3 is 0.800 bits per heavy atom. The number of hydrogen-bond acceptors (Lipinski definition) is 5. The molecule has 5 nitrogen and oxygen atoms in total. The van der Waals surface area contributed by atoms with Crippen LogP contribution in [0.4, 0.5) is 26.3 Å². The Morgan fingerprint density at radius 2 is 0.600 bits per heavy atom. The molecule has 9 aromatic carbocycles. The number of Topliss-reactive ketones (excluding diaryl/α,β-unsaturated/α-hetero) is 2. The van der Waals surface area contributed by atoms with E-state index in [0.29, 0.717) is 12.3 Å². The molecule has 0 heterocycles. The van der Waals surface area contributed by atoms with Gasteiger partial charge in [0.15, 0.2) is 0 Å². The molecule has 0 saturated carbocycles. The number of hydrogen-bond donors (Lipinski definition) is 0. The number of ketones is 2. The van der Waals surface area contributed by atoms with Gasteiger partial charge in [-0.05, 0) is 164 Å². The summed E-state index contributed by atoms with van der Waals surface area (Å²) in [5.74, 6) is -0.766. The van der Waals surface area contributed by atoms with Crippen molar-refractivity contribution in [1.82, 2.24) is 0 Å². The van der Waals surface area contributed by atoms with Gasteiger partial charge in [0.05, 0.1) is 16.9 Å². The number of carbonyl (C=O) groups excluding carboxylic acids is 2. The van der Waals surface area contributed by atoms with Crippen LogP contribution in [-0.2, 0) is 12.4 Å². The van der Waals surface area contributed by atoms with Gasteiger partial charge in [0.2, 0.25) is 11.6 Å². The van der Waals surface area contributed by atoms with Crippen LogP contribution in [0.1, 0.15) is 31.8 Å². The maximum atomic E-state index is 13.6. The lowest BCUT2D eigenvalue weighted by atomic mass is 10.1. The predicted molar refractivity (Wildman–Crippen MR) is 331 cm³/mol. The molecule has 0 N–H and O–H groups in total. The first kappa shape index (κ1) is 63.0. The number of carbonyl (C=O) groups is 2. The molecule has 0 spiro atoms. The monoisotopic (exact) mass is 1500 g/mol. The molecule has 0 aliphatic heterocycles. The molecule has 0 atom stereocenters. The van der Waals surface area contributed by atoms with E-state index < -0.39 is 51.1 Å². The second-order valence-electron chi connectivity index (χ2n) is 17.5. The van der Waals surface area contributed by atoms with Gasteiger partial charge in [-0.25, -0.2) is 0 Å². The van der Waals surface area contributed by atoms with Crippen molar-refractivity contribution in [3.63, 3.8) is 0 Å². The molecule has 0 aliphatic rings. The van der Waals surface area contributed by atoms with Crippen LogP contribution in [0.15, 0.2) is 251 Å². The van der Waals surface area contributed by atoms with Crippen LogP contribution in [0, 0.1) is 0 Å². The molecule has 408 valence electrons. The molecule has 80 heavy (non-hydrogen) atoms. The Hall–Kier alpha value is -4.58. The van der Waals surface area contributed by atoms with Crippen LogP contribution in [0.25, 0.3) is 0 Å². The number of benzene rings is 9. The Bertz CT molecular complexity index is 3050. The number of halogens is 12. The SMILES string of the molecule is O=C(C[P+](c1ccc(Br)cc1)(c1ccc(Br)cc1)c1ccc(Br)cc1)c1ccccc1.O=C(C[P+](c1ccc(Br)cc1)(c1ccc(Br)cc1)c1ccc(Br)cc1)c1ccccc1.[O-]B([O-])Oc1cc(C(F)(F)F)cc(C(F)(F)F)c1. The molecule has 0 aromatic heterocycles. The Morgan fingerprint density at radius 1 is 0.375 bits per heavy atom. The summed E-state index contributed by atoms with van der Waals surface area (Å²) in [4.78, 5) is 27.2. The second-order valence-corrected chi connectivity index (χ2v) is 30.0. The molecule has 20 heteroatoms. The van der Waals surface area contributed by atoms with E-state index in [1.807, 2.05) is 60.7 Å². The highest BCUT2D eigenvalue weighted by atomic mass is 79.9. The van der Waals surface area contributed by atoms with Gasteiger partial charge >= 0.3 is 12.4 Å². The Labute approximate surface area is 510 Å². The first-order valence-electron chi connectivity index (χ1n) is 23.8. The van der Waals surface area contributed by atoms with E-state index in [1.54, 1.807) is 0 Å². The van der Waals surface area contributed by atoms with Gasteiger partial charge in [0, 0.05) is 38.0 Å². The van der Waals surface area contributed by atoms with Gasteiger partial charge in [-0.3, -0.25) is 9.59 Å². The molecule has 0 saturated heterocycles. The zero-order valence-corrected chi connectivity index (χ0v) is 52.6. The first-order chi connectivity index (χ1) is 38.0. The summed E-state index contributed by atoms with van der Waals surface area (Å²) >= 11 is 21.4. The quantitative estimate of drug-likeness (QED) is 0.0468. The van der Waals surface area contributed by atoms with Crippen molar-refractivity contribution in [2.24, 2.45) is 0 Å². The minimum Gasteiger partial charge on any atom is -0.860 e. The highest BCUT2D eigenvalue weighted by molar-refractivity contribution is 9.11. The molecule has 0 amide bonds. The van der Waals surface area contributed by atoms with Gasteiger partial charge in [-0.2, -0.15) is 26.3 Å². The van der Waals surface area contributed by atoms with Gasteiger partial charge < -0.3 is 14.7 Å². The summed E-state index contributed by atoms with van der Waals surface area (Å²) in [6.07, 6.45) is -9.24. The molecule has 0 radical (unpaired) electrons. The van der Waals surface area contributed by atoms with Crippen LogP contribution >= 0.6 is 110 Å². The van der Waals surface area contributed by atoms with Crippen molar-refractivity contribution < 1.29 is 50.6 Å². The lowest BCUT2D eigenvalue weighted by Crippen LogP contribution is -2.50. The van der Waals surface area contributed by atoms with E-state index in [-0.39, 0.29) is 29.8 Å². The summed E-state index contributed by atoms with van der Waals surface area (Å²) in [5.41, 5.74) is -1.82. The van der Waals surface area contributed by atoms with Gasteiger partial charge in [-0.15, -0.1) is 0 Å². The van der Waals surface area contributed by atoms with Crippen LogP contribution in [0.5, 0.6) is 5.75 Å². The topological polar surface area (TPSA) is 89.5 Å². The fraction of sp³-hybridized carbons (Fsp3) is 0.0667. The molecular weight excluding hydrogens is 1470 g/mol. The largest absolute Gasteiger partial charge is 0.860 e. The molecule has 0 aliphatic carbocycles. The van der Waals surface area contributed by atoms with Gasteiger partial charge in [0.1, 0.15) is 66.0 Å².